The van der Waals surface area contributed by atoms with Crippen molar-refractivity contribution >= 4 is 34.4 Å². The van der Waals surface area contributed by atoms with Crippen molar-refractivity contribution in [2.45, 2.75) is 105 Å². The molecule has 0 bridgehead atoms. The van der Waals surface area contributed by atoms with E-state index in [2.05, 4.69) is 10.6 Å². The molecule has 2 N–H and O–H groups in total. The molecule has 0 aliphatic heterocycles. The van der Waals surface area contributed by atoms with Gasteiger partial charge in [-0.1, -0.05) is 69.3 Å². The van der Waals surface area contributed by atoms with Crippen LogP contribution in [0, 0.1) is 19.8 Å². The van der Waals surface area contributed by atoms with Crippen LogP contribution in [0.4, 0.5) is 10.5 Å². The Morgan fingerprint density at radius 3 is 2.02 bits per heavy atom. The van der Waals surface area contributed by atoms with Crippen LogP contribution in [0.15, 0.2) is 60.7 Å². The fourth-order valence-electron chi connectivity index (χ4n) is 5.37. The van der Waals surface area contributed by atoms with Gasteiger partial charge in [-0.25, -0.2) is 4.79 Å². The minimum Gasteiger partial charge on any atom is -0.444 e. The van der Waals surface area contributed by atoms with Gasteiger partial charge in [-0.05, 0) is 107 Å². The lowest BCUT2D eigenvalue weighted by atomic mass is 9.87. The Labute approximate surface area is 257 Å². The van der Waals surface area contributed by atoms with E-state index in [-0.39, 0.29) is 17.7 Å². The van der Waals surface area contributed by atoms with E-state index in [0.717, 1.165) is 27.5 Å². The molecule has 0 aliphatic rings. The number of rotatable bonds is 10. The number of carbonyl (C=O) groups excluding carboxylic acids is 3. The molecule has 3 aromatic rings. The van der Waals surface area contributed by atoms with Crippen molar-refractivity contribution in [3.8, 4) is 0 Å². The van der Waals surface area contributed by atoms with E-state index in [1.807, 2.05) is 109 Å². The van der Waals surface area contributed by atoms with Crippen molar-refractivity contribution in [3.63, 3.8) is 0 Å². The Bertz CT molecular complexity index is 1430. The van der Waals surface area contributed by atoms with Crippen LogP contribution in [-0.4, -0.2) is 40.0 Å². The minimum atomic E-state index is -0.954. The van der Waals surface area contributed by atoms with Gasteiger partial charge >= 0.3 is 6.09 Å². The molecule has 3 rings (SSSR count). The van der Waals surface area contributed by atoms with Crippen molar-refractivity contribution in [3.05, 3.63) is 77.4 Å². The number of amides is 3. The van der Waals surface area contributed by atoms with Gasteiger partial charge < -0.3 is 20.3 Å². The maximum Gasteiger partial charge on any atom is 0.408 e. The first kappa shape index (κ1) is 33.6. The zero-order valence-corrected chi connectivity index (χ0v) is 27.5. The number of anilines is 1. The second-order valence-electron chi connectivity index (χ2n) is 13.5. The van der Waals surface area contributed by atoms with Crippen LogP contribution in [0.2, 0.25) is 0 Å². The molecule has 0 aromatic heterocycles. The molecule has 3 aromatic carbocycles. The van der Waals surface area contributed by atoms with E-state index in [4.69, 9.17) is 4.74 Å². The fourth-order valence-corrected chi connectivity index (χ4v) is 5.37. The van der Waals surface area contributed by atoms with Crippen LogP contribution in [0.5, 0.6) is 0 Å². The molecule has 0 radical (unpaired) electrons. The molecule has 3 amide bonds. The van der Waals surface area contributed by atoms with Crippen LogP contribution >= 0.6 is 0 Å². The summed E-state index contributed by atoms with van der Waals surface area (Å²) in [6, 6.07) is 17.8. The summed E-state index contributed by atoms with van der Waals surface area (Å²) in [6.07, 6.45) is 0.315. The van der Waals surface area contributed by atoms with Gasteiger partial charge in [0.25, 0.3) is 5.91 Å². The van der Waals surface area contributed by atoms with Crippen molar-refractivity contribution in [2.75, 3.05) is 5.32 Å². The van der Waals surface area contributed by atoms with E-state index in [1.54, 1.807) is 25.7 Å². The molecule has 7 nitrogen and oxygen atoms in total. The molecule has 0 fully saturated rings. The first-order chi connectivity index (χ1) is 20.0. The highest BCUT2D eigenvalue weighted by Crippen LogP contribution is 2.36. The van der Waals surface area contributed by atoms with E-state index in [0.29, 0.717) is 18.5 Å². The third kappa shape index (κ3) is 8.59. The standard InChI is InChI=1S/C36H49N3O4/c1-11-36(9,10)39(33(41)29(21-23(2)3)38-34(42)43-35(6,7)8)31(30-24(4)15-14-16-25(30)5)32(40)37-28-20-19-26-17-12-13-18-27(26)22-28/h12-20,22-23,29,31H,11,21H2,1-10H3,(H,37,40)(H,38,42). The number of aryl methyl sites for hydroxylation is 2. The topological polar surface area (TPSA) is 87.7 Å². The molecule has 7 heteroatoms. The van der Waals surface area contributed by atoms with E-state index in [9.17, 15) is 14.4 Å². The highest BCUT2D eigenvalue weighted by Gasteiger charge is 2.44. The van der Waals surface area contributed by atoms with Gasteiger partial charge in [0, 0.05) is 11.2 Å². The Morgan fingerprint density at radius 2 is 1.47 bits per heavy atom. The van der Waals surface area contributed by atoms with Crippen molar-refractivity contribution in [1.29, 1.82) is 0 Å². The number of ether oxygens (including phenoxy) is 1. The number of hydrogen-bond donors (Lipinski definition) is 2. The molecular formula is C36H49N3O4. The number of fused-ring (bicyclic) bond motifs is 1. The van der Waals surface area contributed by atoms with E-state index in [1.165, 1.54) is 0 Å². The first-order valence-electron chi connectivity index (χ1n) is 15.2. The average Bonchev–Trinajstić information content (AvgIpc) is 2.90. The average molecular weight is 588 g/mol. The summed E-state index contributed by atoms with van der Waals surface area (Å²) in [4.78, 5) is 43.9. The van der Waals surface area contributed by atoms with Crippen molar-refractivity contribution in [2.24, 2.45) is 5.92 Å². The van der Waals surface area contributed by atoms with Gasteiger partial charge in [0.05, 0.1) is 0 Å². The Hall–Kier alpha value is -3.87. The third-order valence-electron chi connectivity index (χ3n) is 7.79. The SMILES string of the molecule is CCC(C)(C)N(C(=O)C(CC(C)C)NC(=O)OC(C)(C)C)C(C(=O)Nc1ccc2ccccc2c1)c1c(C)cccc1C. The lowest BCUT2D eigenvalue weighted by Gasteiger charge is -2.45. The van der Waals surface area contributed by atoms with Gasteiger partial charge in [-0.15, -0.1) is 0 Å². The maximum atomic E-state index is 14.7. The first-order valence-corrected chi connectivity index (χ1v) is 15.2. The monoisotopic (exact) mass is 587 g/mol. The zero-order valence-electron chi connectivity index (χ0n) is 27.5. The van der Waals surface area contributed by atoms with Crippen LogP contribution in [0.25, 0.3) is 10.8 Å². The minimum absolute atomic E-state index is 0.0977. The summed E-state index contributed by atoms with van der Waals surface area (Å²) in [6.45, 7) is 19.2. The smallest absolute Gasteiger partial charge is 0.408 e. The number of benzene rings is 3. The molecule has 43 heavy (non-hydrogen) atoms. The molecule has 0 aliphatic carbocycles. The van der Waals surface area contributed by atoms with Crippen molar-refractivity contribution < 1.29 is 19.1 Å². The number of carbonyl (C=O) groups is 3. The summed E-state index contributed by atoms with van der Waals surface area (Å²) < 4.78 is 5.54. The molecule has 2 atom stereocenters. The van der Waals surface area contributed by atoms with Gasteiger partial charge in [0.2, 0.25) is 5.91 Å². The number of nitrogens with zero attached hydrogens (tertiary/aromatic N) is 1. The number of hydrogen-bond acceptors (Lipinski definition) is 4. The van der Waals surface area contributed by atoms with Crippen molar-refractivity contribution in [1.82, 2.24) is 10.2 Å². The zero-order chi connectivity index (χ0) is 32.1. The normalized spacial score (nSPS) is 13.4. The number of alkyl carbamates (subject to hydrolysis) is 1. The highest BCUT2D eigenvalue weighted by molar-refractivity contribution is 6.01. The van der Waals surface area contributed by atoms with Crippen LogP contribution < -0.4 is 10.6 Å². The van der Waals surface area contributed by atoms with Crippen LogP contribution in [0.3, 0.4) is 0 Å². The lowest BCUT2D eigenvalue weighted by Crippen LogP contribution is -2.59. The fraction of sp³-hybridized carbons (Fsp3) is 0.472. The summed E-state index contributed by atoms with van der Waals surface area (Å²) in [5.41, 5.74) is 1.77. The lowest BCUT2D eigenvalue weighted by molar-refractivity contribution is -0.148. The molecule has 2 unspecified atom stereocenters. The summed E-state index contributed by atoms with van der Waals surface area (Å²) in [5.74, 6) is -0.545. The molecule has 0 spiro atoms. The Balaban J connectivity index is 2.16. The maximum absolute atomic E-state index is 14.7. The summed E-state index contributed by atoms with van der Waals surface area (Å²) in [7, 11) is 0. The second kappa shape index (κ2) is 13.6. The van der Waals surface area contributed by atoms with Crippen LogP contribution in [0.1, 0.15) is 91.0 Å². The molecule has 0 heterocycles. The van der Waals surface area contributed by atoms with Gasteiger partial charge in [-0.2, -0.15) is 0 Å². The predicted octanol–water partition coefficient (Wildman–Crippen LogP) is 8.09. The summed E-state index contributed by atoms with van der Waals surface area (Å²) in [5, 5.41) is 8.04. The quantitative estimate of drug-likeness (QED) is 0.251. The van der Waals surface area contributed by atoms with E-state index >= 15 is 0 Å². The largest absolute Gasteiger partial charge is 0.444 e. The van der Waals surface area contributed by atoms with Crippen LogP contribution in [-0.2, 0) is 14.3 Å². The Morgan fingerprint density at radius 1 is 0.860 bits per heavy atom. The van der Waals surface area contributed by atoms with Gasteiger partial charge in [0.1, 0.15) is 17.7 Å². The van der Waals surface area contributed by atoms with Gasteiger partial charge in [-0.3, -0.25) is 9.59 Å². The highest BCUT2D eigenvalue weighted by atomic mass is 16.6. The van der Waals surface area contributed by atoms with E-state index < -0.39 is 29.3 Å². The number of nitrogens with one attached hydrogen (secondary N) is 2. The molecule has 0 saturated heterocycles. The Kier molecular flexibility index (Phi) is 10.7. The molecular weight excluding hydrogens is 538 g/mol. The summed E-state index contributed by atoms with van der Waals surface area (Å²) >= 11 is 0. The molecule has 232 valence electrons. The second-order valence-corrected chi connectivity index (χ2v) is 13.5. The molecule has 0 saturated carbocycles. The third-order valence-corrected chi connectivity index (χ3v) is 7.79. The predicted molar refractivity (Wildman–Crippen MR) is 175 cm³/mol. The van der Waals surface area contributed by atoms with Gasteiger partial charge in [0.15, 0.2) is 0 Å².